The molecule has 0 spiro atoms. The second-order valence-electron chi connectivity index (χ2n) is 5.36. The Hall–Kier alpha value is -1.94. The molecule has 0 atom stereocenters. The number of oxime groups is 1. The van der Waals surface area contributed by atoms with Gasteiger partial charge in [-0.25, -0.2) is 4.79 Å². The first-order valence-corrected chi connectivity index (χ1v) is 7.53. The summed E-state index contributed by atoms with van der Waals surface area (Å²) >= 11 is 0. The third-order valence-electron chi connectivity index (χ3n) is 3.07. The quantitative estimate of drug-likeness (QED) is 0.301. The van der Waals surface area contributed by atoms with Gasteiger partial charge in [0, 0.05) is 7.11 Å². The molecule has 0 aliphatic carbocycles. The fourth-order valence-electron chi connectivity index (χ4n) is 1.94. The highest BCUT2D eigenvalue weighted by Gasteiger charge is 2.05. The second-order valence-corrected chi connectivity index (χ2v) is 5.36. The summed E-state index contributed by atoms with van der Waals surface area (Å²) in [7, 11) is 1.45. The highest BCUT2D eigenvalue weighted by atomic mass is 16.7. The summed E-state index contributed by atoms with van der Waals surface area (Å²) in [4.78, 5) is 16.2. The first kappa shape index (κ1) is 18.1. The fourth-order valence-corrected chi connectivity index (χ4v) is 1.94. The fraction of sp³-hybridized carbons (Fsp3) is 0.444. The number of methoxy groups -OCH3 is 1. The molecule has 0 unspecified atom stereocenters. The Morgan fingerprint density at radius 1 is 1.18 bits per heavy atom. The number of hydrogen-bond acceptors (Lipinski definition) is 4. The zero-order valence-electron chi connectivity index (χ0n) is 13.7. The second kappa shape index (κ2) is 10.7. The minimum absolute atomic E-state index is 0.0799. The van der Waals surface area contributed by atoms with Crippen LogP contribution in [-0.4, -0.2) is 25.4 Å². The van der Waals surface area contributed by atoms with Gasteiger partial charge in [-0.05, 0) is 45.1 Å². The highest BCUT2D eigenvalue weighted by molar-refractivity contribution is 5.85. The smallest absolute Gasteiger partial charge is 0.360 e. The molecule has 0 fully saturated rings. The van der Waals surface area contributed by atoms with Crippen LogP contribution in [-0.2, 0) is 20.8 Å². The van der Waals surface area contributed by atoms with Crippen molar-refractivity contribution in [3.05, 3.63) is 47.5 Å². The van der Waals surface area contributed by atoms with Crippen molar-refractivity contribution in [2.24, 2.45) is 5.16 Å². The monoisotopic (exact) mass is 303 g/mol. The van der Waals surface area contributed by atoms with E-state index in [1.807, 2.05) is 18.2 Å². The first-order chi connectivity index (χ1) is 10.6. The number of allylic oxidation sites excluding steroid dienone is 2. The van der Waals surface area contributed by atoms with Crippen molar-refractivity contribution < 1.29 is 14.4 Å². The van der Waals surface area contributed by atoms with Gasteiger partial charge in [-0.15, -0.1) is 0 Å². The van der Waals surface area contributed by atoms with Crippen molar-refractivity contribution in [2.75, 3.05) is 13.7 Å². The molecule has 22 heavy (non-hydrogen) atoms. The van der Waals surface area contributed by atoms with E-state index in [1.165, 1.54) is 18.2 Å². The number of nitrogens with zero attached hydrogens (tertiary/aromatic N) is 1. The van der Waals surface area contributed by atoms with Gasteiger partial charge in [-0.3, -0.25) is 0 Å². The van der Waals surface area contributed by atoms with E-state index in [9.17, 15) is 4.79 Å². The molecule has 0 bridgehead atoms. The molecule has 1 rings (SSSR count). The van der Waals surface area contributed by atoms with Gasteiger partial charge in [0.15, 0.2) is 0 Å². The number of rotatable bonds is 9. The van der Waals surface area contributed by atoms with Crippen LogP contribution in [0.15, 0.2) is 47.1 Å². The van der Waals surface area contributed by atoms with Crippen molar-refractivity contribution in [3.8, 4) is 0 Å². The minimum Gasteiger partial charge on any atom is -0.373 e. The van der Waals surface area contributed by atoms with E-state index in [4.69, 9.17) is 9.57 Å². The predicted octanol–water partition coefficient (Wildman–Crippen LogP) is 3.91. The zero-order valence-corrected chi connectivity index (χ0v) is 13.7. The predicted molar refractivity (Wildman–Crippen MR) is 88.8 cm³/mol. The lowest BCUT2D eigenvalue weighted by Crippen LogP contribution is -2.10. The molecule has 1 aromatic carbocycles. The normalized spacial score (nSPS) is 11.1. The molecule has 0 aliphatic heterocycles. The number of ether oxygens (including phenoxy) is 1. The molecule has 1 aromatic rings. The molecule has 0 heterocycles. The van der Waals surface area contributed by atoms with Gasteiger partial charge >= 0.3 is 5.97 Å². The van der Waals surface area contributed by atoms with Gasteiger partial charge in [0.2, 0.25) is 0 Å². The topological polar surface area (TPSA) is 47.9 Å². The van der Waals surface area contributed by atoms with Crippen molar-refractivity contribution in [2.45, 2.75) is 39.5 Å². The van der Waals surface area contributed by atoms with E-state index in [2.05, 4.69) is 37.2 Å². The highest BCUT2D eigenvalue weighted by Crippen LogP contribution is 2.08. The molecular weight excluding hydrogens is 278 g/mol. The summed E-state index contributed by atoms with van der Waals surface area (Å²) < 4.78 is 4.72. The van der Waals surface area contributed by atoms with Gasteiger partial charge in [0.05, 0.1) is 5.71 Å². The summed E-state index contributed by atoms with van der Waals surface area (Å²) in [6, 6.07) is 10.2. The van der Waals surface area contributed by atoms with Crippen LogP contribution in [0.2, 0.25) is 0 Å². The Morgan fingerprint density at radius 2 is 1.91 bits per heavy atom. The van der Waals surface area contributed by atoms with Crippen LogP contribution in [0.4, 0.5) is 0 Å². The van der Waals surface area contributed by atoms with Gasteiger partial charge < -0.3 is 9.57 Å². The molecule has 0 N–H and O–H groups in total. The van der Waals surface area contributed by atoms with Crippen LogP contribution in [0.5, 0.6) is 0 Å². The van der Waals surface area contributed by atoms with Crippen LogP contribution in [0, 0.1) is 0 Å². The first-order valence-electron chi connectivity index (χ1n) is 7.53. The minimum atomic E-state index is -0.470. The van der Waals surface area contributed by atoms with Gasteiger partial charge in [-0.2, -0.15) is 0 Å². The molecule has 0 radical (unpaired) electrons. The van der Waals surface area contributed by atoms with Gasteiger partial charge in [0.1, 0.15) is 6.61 Å². The lowest BCUT2D eigenvalue weighted by atomic mass is 10.0. The van der Waals surface area contributed by atoms with Crippen molar-refractivity contribution in [1.29, 1.82) is 0 Å². The van der Waals surface area contributed by atoms with Crippen molar-refractivity contribution in [3.63, 3.8) is 0 Å². The van der Waals surface area contributed by atoms with Crippen molar-refractivity contribution in [1.82, 2.24) is 0 Å². The summed E-state index contributed by atoms with van der Waals surface area (Å²) in [6.45, 7) is 4.06. The Labute approximate surface area is 132 Å². The van der Waals surface area contributed by atoms with E-state index in [-0.39, 0.29) is 6.61 Å². The Bertz CT molecular complexity index is 502. The summed E-state index contributed by atoms with van der Waals surface area (Å²) in [5.41, 5.74) is 3.42. The van der Waals surface area contributed by atoms with Gasteiger partial charge in [0.25, 0.3) is 0 Å². The number of benzene rings is 1. The van der Waals surface area contributed by atoms with E-state index in [0.29, 0.717) is 0 Å². The number of carbonyl (C=O) groups excluding carboxylic acids is 1. The molecule has 0 aromatic heterocycles. The van der Waals surface area contributed by atoms with Crippen LogP contribution >= 0.6 is 0 Å². The molecule has 0 saturated heterocycles. The molecular formula is C18H25NO3. The number of carbonyl (C=O) groups is 1. The SMILES string of the molecule is COCC(=O)O/N=C(\CCC=C(C)C)CCc1ccccc1. The largest absolute Gasteiger partial charge is 0.373 e. The van der Waals surface area contributed by atoms with E-state index >= 15 is 0 Å². The van der Waals surface area contributed by atoms with E-state index in [0.717, 1.165) is 31.4 Å². The Kier molecular flexibility index (Phi) is 8.84. The molecule has 4 nitrogen and oxygen atoms in total. The average Bonchev–Trinajstić information content (AvgIpc) is 2.50. The van der Waals surface area contributed by atoms with E-state index in [1.54, 1.807) is 0 Å². The molecule has 0 aliphatic rings. The third kappa shape index (κ3) is 8.37. The lowest BCUT2D eigenvalue weighted by Gasteiger charge is -2.06. The number of hydrogen-bond donors (Lipinski definition) is 0. The maximum absolute atomic E-state index is 11.3. The van der Waals surface area contributed by atoms with Crippen LogP contribution in [0.3, 0.4) is 0 Å². The van der Waals surface area contributed by atoms with E-state index < -0.39 is 5.97 Å². The standard InChI is InChI=1S/C18H25NO3/c1-15(2)8-7-11-17(19-22-18(20)14-21-3)13-12-16-9-5-4-6-10-16/h4-6,8-10H,7,11-14H2,1-3H3/b19-17+. The summed E-state index contributed by atoms with van der Waals surface area (Å²) in [5, 5.41) is 4.01. The Balaban J connectivity index is 2.58. The van der Waals surface area contributed by atoms with Crippen molar-refractivity contribution >= 4 is 11.7 Å². The van der Waals surface area contributed by atoms with Crippen LogP contribution < -0.4 is 0 Å². The summed E-state index contributed by atoms with van der Waals surface area (Å²) in [6.07, 6.45) is 5.52. The average molecular weight is 303 g/mol. The molecule has 4 heteroatoms. The molecule has 0 saturated carbocycles. The third-order valence-corrected chi connectivity index (χ3v) is 3.07. The maximum Gasteiger partial charge on any atom is 0.360 e. The molecule has 0 amide bonds. The zero-order chi connectivity index (χ0) is 16.2. The Morgan fingerprint density at radius 3 is 2.55 bits per heavy atom. The van der Waals surface area contributed by atoms with Crippen LogP contribution in [0.25, 0.3) is 0 Å². The number of aryl methyl sites for hydroxylation is 1. The molecule has 120 valence electrons. The lowest BCUT2D eigenvalue weighted by molar-refractivity contribution is -0.147. The summed E-state index contributed by atoms with van der Waals surface area (Å²) in [5.74, 6) is -0.470. The van der Waals surface area contributed by atoms with Crippen LogP contribution in [0.1, 0.15) is 38.7 Å². The maximum atomic E-state index is 11.3. The van der Waals surface area contributed by atoms with Gasteiger partial charge in [-0.1, -0.05) is 47.1 Å².